The normalized spacial score (nSPS) is 14.8. The monoisotopic (exact) mass is 244 g/mol. The van der Waals surface area contributed by atoms with Crippen molar-refractivity contribution in [3.8, 4) is 0 Å². The van der Waals surface area contributed by atoms with Crippen LogP contribution < -0.4 is 5.19 Å². The lowest BCUT2D eigenvalue weighted by Crippen LogP contribution is -2.46. The van der Waals surface area contributed by atoms with Crippen molar-refractivity contribution in [1.82, 2.24) is 0 Å². The van der Waals surface area contributed by atoms with Gasteiger partial charge in [0.05, 0.1) is 0 Å². The van der Waals surface area contributed by atoms with E-state index in [0.717, 1.165) is 16.6 Å². The highest BCUT2D eigenvalue weighted by molar-refractivity contribution is 6.95. The van der Waals surface area contributed by atoms with Crippen LogP contribution >= 0.6 is 23.2 Å². The summed E-state index contributed by atoms with van der Waals surface area (Å²) in [5, 5.41) is 2.12. The Hall–Kier alpha value is -0.243. The van der Waals surface area contributed by atoms with Crippen LogP contribution in [0.2, 0.25) is 17.6 Å². The van der Waals surface area contributed by atoms with Gasteiger partial charge in [-0.3, -0.25) is 0 Å². The number of hydrogen-bond donors (Lipinski definition) is 0. The Labute approximate surface area is 96.6 Å². The van der Waals surface area contributed by atoms with Crippen LogP contribution in [0.4, 0.5) is 0 Å². The second kappa shape index (κ2) is 5.01. The van der Waals surface area contributed by atoms with E-state index < -0.39 is 8.07 Å². The van der Waals surface area contributed by atoms with Crippen molar-refractivity contribution < 1.29 is 0 Å². The van der Waals surface area contributed by atoms with Crippen LogP contribution in [-0.4, -0.2) is 13.6 Å². The lowest BCUT2D eigenvalue weighted by molar-refractivity contribution is 1.52. The van der Waals surface area contributed by atoms with Crippen molar-refractivity contribution in [2.75, 3.05) is 5.50 Å². The van der Waals surface area contributed by atoms with Gasteiger partial charge in [0, 0.05) is 10.5 Å². The van der Waals surface area contributed by atoms with Gasteiger partial charge in [-0.2, -0.15) is 0 Å². The molecular formula is C11H14Cl2Si. The summed E-state index contributed by atoms with van der Waals surface area (Å²) in [4.78, 5) is 0. The Morgan fingerprint density at radius 2 is 1.93 bits per heavy atom. The maximum Gasteiger partial charge on any atom is 0.102 e. The third-order valence-corrected chi connectivity index (χ3v) is 7.96. The van der Waals surface area contributed by atoms with Gasteiger partial charge in [-0.1, -0.05) is 41.5 Å². The van der Waals surface area contributed by atoms with Crippen LogP contribution in [0.3, 0.4) is 0 Å². The van der Waals surface area contributed by atoms with Gasteiger partial charge >= 0.3 is 0 Å². The van der Waals surface area contributed by atoms with Gasteiger partial charge in [0.25, 0.3) is 0 Å². The van der Waals surface area contributed by atoms with Gasteiger partial charge in [-0.05, 0) is 18.2 Å². The number of benzene rings is 1. The smallest absolute Gasteiger partial charge is 0.102 e. The van der Waals surface area contributed by atoms with E-state index in [-0.39, 0.29) is 0 Å². The number of rotatable bonds is 4. The molecule has 0 amide bonds. The molecule has 0 aliphatic carbocycles. The van der Waals surface area contributed by atoms with Crippen LogP contribution in [0, 0.1) is 0 Å². The van der Waals surface area contributed by atoms with Crippen molar-refractivity contribution in [2.45, 2.75) is 12.6 Å². The third kappa shape index (κ3) is 2.63. The molecule has 1 atom stereocenters. The lowest BCUT2D eigenvalue weighted by Gasteiger charge is -2.23. The van der Waals surface area contributed by atoms with Crippen LogP contribution in [0.15, 0.2) is 36.9 Å². The summed E-state index contributed by atoms with van der Waals surface area (Å²) in [7, 11) is -1.53. The zero-order valence-electron chi connectivity index (χ0n) is 8.26. The summed E-state index contributed by atoms with van der Waals surface area (Å²) < 4.78 is 0. The third-order valence-electron chi connectivity index (χ3n) is 2.43. The number of allylic oxidation sites excluding steroid dienone is 1. The molecule has 3 heteroatoms. The minimum Gasteiger partial charge on any atom is -0.130 e. The van der Waals surface area contributed by atoms with Gasteiger partial charge in [0.15, 0.2) is 0 Å². The molecule has 0 aromatic heterocycles. The molecule has 0 spiro atoms. The maximum atomic E-state index is 6.04. The molecule has 14 heavy (non-hydrogen) atoms. The van der Waals surface area contributed by atoms with E-state index in [1.807, 2.05) is 18.2 Å². The van der Waals surface area contributed by atoms with E-state index in [4.69, 9.17) is 23.2 Å². The Bertz CT molecular complexity index is 308. The largest absolute Gasteiger partial charge is 0.130 e. The molecule has 76 valence electrons. The average molecular weight is 245 g/mol. The van der Waals surface area contributed by atoms with E-state index in [2.05, 4.69) is 25.3 Å². The zero-order chi connectivity index (χ0) is 10.6. The van der Waals surface area contributed by atoms with Gasteiger partial charge in [0.1, 0.15) is 8.07 Å². The number of halogens is 2. The summed E-state index contributed by atoms with van der Waals surface area (Å²) in [6.07, 6.45) is 1.96. The first-order valence-electron chi connectivity index (χ1n) is 4.55. The van der Waals surface area contributed by atoms with Crippen molar-refractivity contribution >= 4 is 36.5 Å². The Kier molecular flexibility index (Phi) is 4.23. The molecule has 0 bridgehead atoms. The Balaban J connectivity index is 2.99. The van der Waals surface area contributed by atoms with E-state index in [1.54, 1.807) is 0 Å². The lowest BCUT2D eigenvalue weighted by atomic mass is 10.4. The quantitative estimate of drug-likeness (QED) is 0.432. The molecule has 0 saturated heterocycles. The van der Waals surface area contributed by atoms with E-state index >= 15 is 0 Å². The van der Waals surface area contributed by atoms with Crippen LogP contribution in [0.5, 0.6) is 0 Å². The van der Waals surface area contributed by atoms with E-state index in [1.165, 1.54) is 5.19 Å². The van der Waals surface area contributed by atoms with E-state index in [9.17, 15) is 0 Å². The summed E-state index contributed by atoms with van der Waals surface area (Å²) in [5.74, 6) is 0. The van der Waals surface area contributed by atoms with Crippen molar-refractivity contribution in [3.63, 3.8) is 0 Å². The molecule has 0 nitrogen and oxygen atoms in total. The first kappa shape index (κ1) is 11.8. The molecule has 1 rings (SSSR count). The minimum absolute atomic E-state index is 0.723. The van der Waals surface area contributed by atoms with Crippen molar-refractivity contribution in [1.29, 1.82) is 0 Å². The molecule has 0 heterocycles. The standard InChI is InChI=1S/C11H14Cl2Si/c1-3-8-14(2,9-12)11-6-4-10(13)5-7-11/h3-7H,1,8-9H2,2H3. The molecule has 1 aromatic carbocycles. The van der Waals surface area contributed by atoms with Crippen LogP contribution in [-0.2, 0) is 0 Å². The zero-order valence-corrected chi connectivity index (χ0v) is 10.8. The van der Waals surface area contributed by atoms with Gasteiger partial charge < -0.3 is 0 Å². The average Bonchev–Trinajstić information content (AvgIpc) is 2.19. The SMILES string of the molecule is C=CC[Si](C)(CCl)c1ccc(Cl)cc1. The van der Waals surface area contributed by atoms with Crippen molar-refractivity contribution in [2.24, 2.45) is 0 Å². The summed E-state index contributed by atoms with van der Waals surface area (Å²) in [5.41, 5.74) is 0.723. The predicted octanol–water partition coefficient (Wildman–Crippen LogP) is 3.59. The topological polar surface area (TPSA) is 0 Å². The fourth-order valence-electron chi connectivity index (χ4n) is 1.42. The Morgan fingerprint density at radius 1 is 1.36 bits per heavy atom. The molecule has 0 aliphatic rings. The maximum absolute atomic E-state index is 6.04. The van der Waals surface area contributed by atoms with Crippen LogP contribution in [0.25, 0.3) is 0 Å². The van der Waals surface area contributed by atoms with Gasteiger partial charge in [-0.15, -0.1) is 18.2 Å². The molecular weight excluding hydrogens is 231 g/mol. The number of hydrogen-bond acceptors (Lipinski definition) is 0. The predicted molar refractivity (Wildman–Crippen MR) is 68.4 cm³/mol. The van der Waals surface area contributed by atoms with E-state index in [0.29, 0.717) is 0 Å². The van der Waals surface area contributed by atoms with Crippen molar-refractivity contribution in [3.05, 3.63) is 41.9 Å². The van der Waals surface area contributed by atoms with Gasteiger partial charge in [0.2, 0.25) is 0 Å². The first-order valence-corrected chi connectivity index (χ1v) is 8.38. The molecule has 0 saturated carbocycles. The van der Waals surface area contributed by atoms with Crippen LogP contribution in [0.1, 0.15) is 0 Å². The second-order valence-electron chi connectivity index (χ2n) is 3.69. The highest BCUT2D eigenvalue weighted by atomic mass is 35.5. The minimum atomic E-state index is -1.53. The first-order chi connectivity index (χ1) is 6.62. The highest BCUT2D eigenvalue weighted by Crippen LogP contribution is 2.14. The molecule has 1 aromatic rings. The highest BCUT2D eigenvalue weighted by Gasteiger charge is 2.26. The fraction of sp³-hybridized carbons (Fsp3) is 0.273. The fourth-order valence-corrected chi connectivity index (χ4v) is 4.44. The second-order valence-corrected chi connectivity index (χ2v) is 9.31. The summed E-state index contributed by atoms with van der Waals surface area (Å²) in [6, 6.07) is 9.04. The molecule has 1 unspecified atom stereocenters. The summed E-state index contributed by atoms with van der Waals surface area (Å²) in [6.45, 7) is 6.06. The molecule has 0 fully saturated rings. The Morgan fingerprint density at radius 3 is 2.36 bits per heavy atom. The summed E-state index contributed by atoms with van der Waals surface area (Å²) >= 11 is 11.9. The number of alkyl halides is 1. The van der Waals surface area contributed by atoms with Gasteiger partial charge in [-0.25, -0.2) is 0 Å². The molecule has 0 N–H and O–H groups in total. The molecule has 0 aliphatic heterocycles. The molecule has 0 radical (unpaired) electrons.